The van der Waals surface area contributed by atoms with Gasteiger partial charge in [0, 0.05) is 25.2 Å². The fourth-order valence-corrected chi connectivity index (χ4v) is 2.99. The molecule has 1 fully saturated rings. The Hall–Kier alpha value is -0.860. The lowest BCUT2D eigenvalue weighted by Gasteiger charge is -2.36. The van der Waals surface area contributed by atoms with Crippen LogP contribution in [-0.2, 0) is 13.0 Å². The zero-order chi connectivity index (χ0) is 14.4. The van der Waals surface area contributed by atoms with Crippen LogP contribution in [0.25, 0.3) is 0 Å². The second kappa shape index (κ2) is 7.80. The van der Waals surface area contributed by atoms with Crippen LogP contribution < -0.4 is 5.32 Å². The van der Waals surface area contributed by atoms with Crippen LogP contribution in [0.2, 0.25) is 0 Å². The minimum atomic E-state index is 0.586. The van der Waals surface area contributed by atoms with E-state index in [4.69, 9.17) is 0 Å². The molecule has 20 heavy (non-hydrogen) atoms. The lowest BCUT2D eigenvalue weighted by molar-refractivity contribution is 0.136. The van der Waals surface area contributed by atoms with Gasteiger partial charge in [-0.1, -0.05) is 51.5 Å². The van der Waals surface area contributed by atoms with Crippen molar-refractivity contribution in [2.45, 2.75) is 65.1 Å². The number of likely N-dealkylation sites (tertiary alicyclic amines) is 1. The molecule has 0 aromatic heterocycles. The third-order valence-electron chi connectivity index (χ3n) is 4.33. The number of nitrogens with one attached hydrogen (secondary N) is 1. The van der Waals surface area contributed by atoms with Crippen molar-refractivity contribution in [3.63, 3.8) is 0 Å². The summed E-state index contributed by atoms with van der Waals surface area (Å²) in [6, 6.07) is 10.5. The van der Waals surface area contributed by atoms with Gasteiger partial charge in [-0.25, -0.2) is 0 Å². The highest BCUT2D eigenvalue weighted by Gasteiger charge is 2.22. The monoisotopic (exact) mass is 274 g/mol. The summed E-state index contributed by atoms with van der Waals surface area (Å²) >= 11 is 0. The lowest BCUT2D eigenvalue weighted by atomic mass is 10.0. The van der Waals surface area contributed by atoms with E-state index >= 15 is 0 Å². The lowest BCUT2D eigenvalue weighted by Crippen LogP contribution is -2.46. The van der Waals surface area contributed by atoms with Crippen molar-refractivity contribution < 1.29 is 0 Å². The fourth-order valence-electron chi connectivity index (χ4n) is 2.99. The molecule has 1 aliphatic rings. The first-order chi connectivity index (χ1) is 9.69. The highest BCUT2D eigenvalue weighted by molar-refractivity contribution is 5.22. The van der Waals surface area contributed by atoms with Crippen molar-refractivity contribution in [1.82, 2.24) is 10.2 Å². The Morgan fingerprint density at radius 1 is 1.15 bits per heavy atom. The molecule has 1 unspecified atom stereocenters. The van der Waals surface area contributed by atoms with Crippen LogP contribution in [0.3, 0.4) is 0 Å². The zero-order valence-electron chi connectivity index (χ0n) is 13.4. The third kappa shape index (κ3) is 4.60. The maximum atomic E-state index is 3.61. The maximum Gasteiger partial charge on any atom is 0.0237 e. The molecule has 1 aliphatic heterocycles. The first kappa shape index (κ1) is 15.5. The van der Waals surface area contributed by atoms with Gasteiger partial charge in [0.25, 0.3) is 0 Å². The van der Waals surface area contributed by atoms with Gasteiger partial charge >= 0.3 is 0 Å². The van der Waals surface area contributed by atoms with Crippen molar-refractivity contribution >= 4 is 0 Å². The summed E-state index contributed by atoms with van der Waals surface area (Å²) in [7, 11) is 0. The van der Waals surface area contributed by atoms with E-state index in [0.29, 0.717) is 12.1 Å². The quantitative estimate of drug-likeness (QED) is 0.852. The van der Waals surface area contributed by atoms with Crippen LogP contribution in [0.5, 0.6) is 0 Å². The van der Waals surface area contributed by atoms with Crippen LogP contribution in [0, 0.1) is 0 Å². The summed E-state index contributed by atoms with van der Waals surface area (Å²) in [5.41, 5.74) is 2.89. The molecule has 1 heterocycles. The molecule has 0 bridgehead atoms. The molecule has 2 rings (SSSR count). The summed E-state index contributed by atoms with van der Waals surface area (Å²) in [6.45, 7) is 10.2. The predicted octanol–water partition coefficient (Wildman–Crippen LogP) is 3.60. The molecular weight excluding hydrogens is 244 g/mol. The molecule has 1 aromatic rings. The number of benzene rings is 1. The Balaban J connectivity index is 1.93. The van der Waals surface area contributed by atoms with Gasteiger partial charge in [0.05, 0.1) is 0 Å². The van der Waals surface area contributed by atoms with Gasteiger partial charge in [0.1, 0.15) is 0 Å². The van der Waals surface area contributed by atoms with Crippen LogP contribution in [-0.4, -0.2) is 30.1 Å². The molecule has 0 aliphatic carbocycles. The third-order valence-corrected chi connectivity index (χ3v) is 4.33. The van der Waals surface area contributed by atoms with Gasteiger partial charge < -0.3 is 5.32 Å². The van der Waals surface area contributed by atoms with Gasteiger partial charge in [0.15, 0.2) is 0 Å². The molecule has 0 amide bonds. The number of hydrogen-bond acceptors (Lipinski definition) is 2. The van der Waals surface area contributed by atoms with Gasteiger partial charge in [0.2, 0.25) is 0 Å². The van der Waals surface area contributed by atoms with Crippen LogP contribution in [0.4, 0.5) is 0 Å². The van der Waals surface area contributed by atoms with Crippen molar-refractivity contribution in [3.05, 3.63) is 35.4 Å². The maximum absolute atomic E-state index is 3.61. The molecule has 0 saturated carbocycles. The average Bonchev–Trinajstić information content (AvgIpc) is 2.47. The highest BCUT2D eigenvalue weighted by Crippen LogP contribution is 2.19. The summed E-state index contributed by atoms with van der Waals surface area (Å²) < 4.78 is 0. The van der Waals surface area contributed by atoms with Gasteiger partial charge in [-0.15, -0.1) is 0 Å². The van der Waals surface area contributed by atoms with Crippen LogP contribution in [0.1, 0.15) is 51.2 Å². The summed E-state index contributed by atoms with van der Waals surface area (Å²) in [5, 5.41) is 3.61. The number of aryl methyl sites for hydroxylation is 1. The Kier molecular flexibility index (Phi) is 6.06. The first-order valence-corrected chi connectivity index (χ1v) is 8.24. The van der Waals surface area contributed by atoms with Crippen LogP contribution >= 0.6 is 0 Å². The second-order valence-electron chi connectivity index (χ2n) is 6.35. The minimum Gasteiger partial charge on any atom is -0.313 e. The van der Waals surface area contributed by atoms with E-state index in [-0.39, 0.29) is 0 Å². The zero-order valence-corrected chi connectivity index (χ0v) is 13.4. The van der Waals surface area contributed by atoms with E-state index in [2.05, 4.69) is 55.3 Å². The van der Waals surface area contributed by atoms with Gasteiger partial charge in [-0.2, -0.15) is 0 Å². The molecular formula is C18H30N2. The SMILES string of the molecule is CCc1ccc(CN2CCCCC2CNC(C)C)cc1. The summed E-state index contributed by atoms with van der Waals surface area (Å²) in [4.78, 5) is 2.67. The number of rotatable bonds is 6. The van der Waals surface area contributed by atoms with E-state index < -0.39 is 0 Å². The van der Waals surface area contributed by atoms with E-state index in [9.17, 15) is 0 Å². The van der Waals surface area contributed by atoms with E-state index in [1.807, 2.05) is 0 Å². The molecule has 2 nitrogen and oxygen atoms in total. The van der Waals surface area contributed by atoms with Crippen molar-refractivity contribution in [1.29, 1.82) is 0 Å². The largest absolute Gasteiger partial charge is 0.313 e. The molecule has 2 heteroatoms. The van der Waals surface area contributed by atoms with Crippen molar-refractivity contribution in [2.24, 2.45) is 0 Å². The normalized spacial score (nSPS) is 20.5. The molecule has 1 N–H and O–H groups in total. The van der Waals surface area contributed by atoms with Gasteiger partial charge in [-0.3, -0.25) is 4.90 Å². The number of piperidine rings is 1. The van der Waals surface area contributed by atoms with E-state index in [1.165, 1.54) is 36.9 Å². The number of hydrogen-bond donors (Lipinski definition) is 1. The van der Waals surface area contributed by atoms with Gasteiger partial charge in [-0.05, 0) is 36.9 Å². The highest BCUT2D eigenvalue weighted by atomic mass is 15.2. The average molecular weight is 274 g/mol. The summed E-state index contributed by atoms with van der Waals surface area (Å²) in [6.07, 6.45) is 5.21. The smallest absolute Gasteiger partial charge is 0.0237 e. The molecule has 0 spiro atoms. The fraction of sp³-hybridized carbons (Fsp3) is 0.667. The topological polar surface area (TPSA) is 15.3 Å². The minimum absolute atomic E-state index is 0.586. The predicted molar refractivity (Wildman–Crippen MR) is 87.0 cm³/mol. The Labute approximate surface area is 124 Å². The second-order valence-corrected chi connectivity index (χ2v) is 6.35. The molecule has 1 aromatic carbocycles. The Morgan fingerprint density at radius 2 is 1.85 bits per heavy atom. The van der Waals surface area contributed by atoms with Crippen molar-refractivity contribution in [3.8, 4) is 0 Å². The molecule has 112 valence electrons. The standard InChI is InChI=1S/C18H30N2/c1-4-16-8-10-17(11-9-16)14-20-12-6-5-7-18(20)13-19-15(2)3/h8-11,15,18-19H,4-7,12-14H2,1-3H3. The number of nitrogens with zero attached hydrogens (tertiary/aromatic N) is 1. The molecule has 0 radical (unpaired) electrons. The Bertz CT molecular complexity index is 383. The van der Waals surface area contributed by atoms with Crippen molar-refractivity contribution in [2.75, 3.05) is 13.1 Å². The Morgan fingerprint density at radius 3 is 2.50 bits per heavy atom. The van der Waals surface area contributed by atoms with E-state index in [0.717, 1.165) is 19.5 Å². The molecule has 1 atom stereocenters. The summed E-state index contributed by atoms with van der Waals surface area (Å²) in [5.74, 6) is 0. The molecule has 1 saturated heterocycles. The van der Waals surface area contributed by atoms with E-state index in [1.54, 1.807) is 0 Å². The first-order valence-electron chi connectivity index (χ1n) is 8.24. The van der Waals surface area contributed by atoms with Crippen LogP contribution in [0.15, 0.2) is 24.3 Å².